The van der Waals surface area contributed by atoms with Gasteiger partial charge in [-0.1, -0.05) is 18.6 Å². The van der Waals surface area contributed by atoms with Gasteiger partial charge in [0.1, 0.15) is 5.75 Å². The van der Waals surface area contributed by atoms with Gasteiger partial charge in [-0.2, -0.15) is 0 Å². The van der Waals surface area contributed by atoms with Gasteiger partial charge in [0.05, 0.1) is 7.11 Å². The highest BCUT2D eigenvalue weighted by atomic mass is 16.5. The van der Waals surface area contributed by atoms with Crippen LogP contribution in [0.3, 0.4) is 0 Å². The van der Waals surface area contributed by atoms with Gasteiger partial charge < -0.3 is 9.64 Å². The van der Waals surface area contributed by atoms with E-state index < -0.39 is 0 Å². The molecule has 16 heavy (non-hydrogen) atoms. The summed E-state index contributed by atoms with van der Waals surface area (Å²) in [5.74, 6) is 1.65. The molecule has 0 saturated carbocycles. The van der Waals surface area contributed by atoms with Gasteiger partial charge in [-0.3, -0.25) is 0 Å². The second-order valence-corrected chi connectivity index (χ2v) is 4.73. The van der Waals surface area contributed by atoms with Crippen molar-refractivity contribution in [3.8, 4) is 5.75 Å². The minimum atomic E-state index is 0.669. The molecule has 0 radical (unpaired) electrons. The first-order valence-corrected chi connectivity index (χ1v) is 6.12. The Balaban J connectivity index is 2.14. The molecule has 0 bridgehead atoms. The molecule has 1 unspecified atom stereocenters. The summed E-state index contributed by atoms with van der Waals surface area (Å²) in [5, 5.41) is 0. The van der Waals surface area contributed by atoms with E-state index in [9.17, 15) is 0 Å². The Bertz CT molecular complexity index is 337. The average Bonchev–Trinajstić information content (AvgIpc) is 2.54. The lowest BCUT2D eigenvalue weighted by molar-refractivity contribution is 0.332. The highest BCUT2D eigenvalue weighted by Crippen LogP contribution is 2.28. The van der Waals surface area contributed by atoms with Gasteiger partial charge in [0.2, 0.25) is 0 Å². The predicted molar refractivity (Wildman–Crippen MR) is 67.1 cm³/mol. The van der Waals surface area contributed by atoms with Crippen molar-refractivity contribution in [2.45, 2.75) is 25.2 Å². The lowest BCUT2D eigenvalue weighted by atomic mass is 9.94. The Morgan fingerprint density at radius 1 is 1.31 bits per heavy atom. The first-order chi connectivity index (χ1) is 7.79. The predicted octanol–water partition coefficient (Wildman–Crippen LogP) is 2.89. The minimum absolute atomic E-state index is 0.669. The molecular weight excluding hydrogens is 198 g/mol. The number of hydrogen-bond acceptors (Lipinski definition) is 2. The molecule has 0 aromatic heterocycles. The van der Waals surface area contributed by atoms with E-state index >= 15 is 0 Å². The molecule has 0 N–H and O–H groups in total. The summed E-state index contributed by atoms with van der Waals surface area (Å²) in [4.78, 5) is 2.44. The second-order valence-electron chi connectivity index (χ2n) is 4.73. The first kappa shape index (κ1) is 11.5. The summed E-state index contributed by atoms with van der Waals surface area (Å²) in [6.45, 7) is 2.41. The Morgan fingerprint density at radius 2 is 2.19 bits per heavy atom. The van der Waals surface area contributed by atoms with Gasteiger partial charge in [0, 0.05) is 6.54 Å². The van der Waals surface area contributed by atoms with Crippen molar-refractivity contribution in [3.05, 3.63) is 29.8 Å². The summed E-state index contributed by atoms with van der Waals surface area (Å²) >= 11 is 0. The van der Waals surface area contributed by atoms with E-state index in [1.165, 1.54) is 37.9 Å². The van der Waals surface area contributed by atoms with Gasteiger partial charge in [-0.15, -0.1) is 0 Å². The number of benzene rings is 1. The third kappa shape index (κ3) is 2.76. The first-order valence-electron chi connectivity index (χ1n) is 6.12. The lowest BCUT2D eigenvalue weighted by Crippen LogP contribution is -2.22. The van der Waals surface area contributed by atoms with Gasteiger partial charge in [-0.25, -0.2) is 0 Å². The van der Waals surface area contributed by atoms with Gasteiger partial charge in [-0.05, 0) is 50.0 Å². The van der Waals surface area contributed by atoms with Crippen LogP contribution in [0.4, 0.5) is 0 Å². The Morgan fingerprint density at radius 3 is 3.00 bits per heavy atom. The molecule has 2 rings (SSSR count). The van der Waals surface area contributed by atoms with E-state index in [-0.39, 0.29) is 0 Å². The molecule has 1 fully saturated rings. The number of ether oxygens (including phenoxy) is 1. The number of likely N-dealkylation sites (tertiary alicyclic amines) is 1. The van der Waals surface area contributed by atoms with Crippen molar-refractivity contribution in [2.24, 2.45) is 0 Å². The SMILES string of the molecule is COc1cccc(C2CCCCN(C)C2)c1. The summed E-state index contributed by atoms with van der Waals surface area (Å²) < 4.78 is 5.29. The standard InChI is InChI=1S/C14H21NO/c1-15-9-4-3-6-13(11-15)12-7-5-8-14(10-12)16-2/h5,7-8,10,13H,3-4,6,9,11H2,1-2H3. The van der Waals surface area contributed by atoms with Gasteiger partial charge in [0.25, 0.3) is 0 Å². The maximum absolute atomic E-state index is 5.29. The molecule has 1 heterocycles. The monoisotopic (exact) mass is 219 g/mol. The molecule has 1 aromatic carbocycles. The molecule has 1 saturated heterocycles. The molecule has 1 aromatic rings. The van der Waals surface area contributed by atoms with E-state index in [2.05, 4.69) is 30.1 Å². The molecule has 1 aliphatic rings. The summed E-state index contributed by atoms with van der Waals surface area (Å²) in [6, 6.07) is 8.53. The topological polar surface area (TPSA) is 12.5 Å². The van der Waals surface area contributed by atoms with Crippen LogP contribution < -0.4 is 4.74 Å². The zero-order valence-electron chi connectivity index (χ0n) is 10.3. The number of nitrogens with zero attached hydrogens (tertiary/aromatic N) is 1. The van der Waals surface area contributed by atoms with Gasteiger partial charge in [0.15, 0.2) is 0 Å². The zero-order chi connectivity index (χ0) is 11.4. The minimum Gasteiger partial charge on any atom is -0.497 e. The Labute approximate surface area is 98.2 Å². The van der Waals surface area contributed by atoms with Crippen molar-refractivity contribution in [2.75, 3.05) is 27.2 Å². The zero-order valence-corrected chi connectivity index (χ0v) is 10.3. The van der Waals surface area contributed by atoms with E-state index in [4.69, 9.17) is 4.74 Å². The van der Waals surface area contributed by atoms with Crippen molar-refractivity contribution >= 4 is 0 Å². The van der Waals surface area contributed by atoms with Crippen LogP contribution in [0.15, 0.2) is 24.3 Å². The summed E-state index contributed by atoms with van der Waals surface area (Å²) in [6.07, 6.45) is 3.97. The molecule has 1 atom stereocenters. The maximum atomic E-state index is 5.29. The van der Waals surface area contributed by atoms with Crippen LogP contribution in [-0.2, 0) is 0 Å². The van der Waals surface area contributed by atoms with Crippen molar-refractivity contribution in [1.29, 1.82) is 0 Å². The Kier molecular flexibility index (Phi) is 3.83. The fraction of sp³-hybridized carbons (Fsp3) is 0.571. The molecule has 0 spiro atoms. The van der Waals surface area contributed by atoms with Crippen LogP contribution >= 0.6 is 0 Å². The molecule has 2 nitrogen and oxygen atoms in total. The van der Waals surface area contributed by atoms with Crippen LogP contribution in [0.25, 0.3) is 0 Å². The van der Waals surface area contributed by atoms with Gasteiger partial charge >= 0.3 is 0 Å². The van der Waals surface area contributed by atoms with Crippen molar-refractivity contribution in [1.82, 2.24) is 4.90 Å². The molecule has 0 amide bonds. The fourth-order valence-electron chi connectivity index (χ4n) is 2.50. The third-order valence-corrected chi connectivity index (χ3v) is 3.44. The largest absolute Gasteiger partial charge is 0.497 e. The van der Waals surface area contributed by atoms with Crippen LogP contribution in [0.5, 0.6) is 5.75 Å². The molecule has 2 heteroatoms. The van der Waals surface area contributed by atoms with E-state index in [0.29, 0.717) is 5.92 Å². The third-order valence-electron chi connectivity index (χ3n) is 3.44. The molecule has 1 aliphatic heterocycles. The normalized spacial score (nSPS) is 22.8. The highest BCUT2D eigenvalue weighted by Gasteiger charge is 2.17. The van der Waals surface area contributed by atoms with E-state index in [0.717, 1.165) is 5.75 Å². The molecular formula is C14H21NO. The molecule has 88 valence electrons. The number of hydrogen-bond donors (Lipinski definition) is 0. The van der Waals surface area contributed by atoms with Crippen molar-refractivity contribution < 1.29 is 4.74 Å². The lowest BCUT2D eigenvalue weighted by Gasteiger charge is -2.20. The van der Waals surface area contributed by atoms with E-state index in [1.807, 2.05) is 6.07 Å². The van der Waals surface area contributed by atoms with Crippen LogP contribution in [0, 0.1) is 0 Å². The second kappa shape index (κ2) is 5.35. The van der Waals surface area contributed by atoms with Crippen LogP contribution in [-0.4, -0.2) is 32.1 Å². The van der Waals surface area contributed by atoms with Crippen molar-refractivity contribution in [3.63, 3.8) is 0 Å². The average molecular weight is 219 g/mol. The summed E-state index contributed by atoms with van der Waals surface area (Å²) in [7, 11) is 3.96. The van der Waals surface area contributed by atoms with Crippen LogP contribution in [0.1, 0.15) is 30.7 Å². The highest BCUT2D eigenvalue weighted by molar-refractivity contribution is 5.31. The number of rotatable bonds is 2. The Hall–Kier alpha value is -1.02. The fourth-order valence-corrected chi connectivity index (χ4v) is 2.50. The van der Waals surface area contributed by atoms with Crippen LogP contribution in [0.2, 0.25) is 0 Å². The number of likely N-dealkylation sites (N-methyl/N-ethyl adjacent to an activating group) is 1. The smallest absolute Gasteiger partial charge is 0.119 e. The quantitative estimate of drug-likeness (QED) is 0.758. The maximum Gasteiger partial charge on any atom is 0.119 e. The number of methoxy groups -OCH3 is 1. The van der Waals surface area contributed by atoms with E-state index in [1.54, 1.807) is 7.11 Å². The summed E-state index contributed by atoms with van der Waals surface area (Å²) in [5.41, 5.74) is 1.42. The molecule has 0 aliphatic carbocycles.